The number of halogens is 1. The van der Waals surface area contributed by atoms with Crippen LogP contribution in [0, 0.1) is 19.8 Å². The Bertz CT molecular complexity index is 769. The molecule has 1 aromatic carbocycles. The molecule has 1 unspecified atom stereocenters. The molecule has 154 valence electrons. The van der Waals surface area contributed by atoms with Crippen molar-refractivity contribution in [3.63, 3.8) is 0 Å². The molecule has 1 fully saturated rings. The lowest BCUT2D eigenvalue weighted by Gasteiger charge is -2.24. The van der Waals surface area contributed by atoms with E-state index >= 15 is 0 Å². The van der Waals surface area contributed by atoms with E-state index in [0.29, 0.717) is 5.92 Å². The second-order valence-corrected chi connectivity index (χ2v) is 7.30. The first-order chi connectivity index (χ1) is 13.1. The highest BCUT2D eigenvalue weighted by molar-refractivity contribution is 14.0. The summed E-state index contributed by atoms with van der Waals surface area (Å²) in [6, 6.07) is 10.5. The Morgan fingerprint density at radius 3 is 2.71 bits per heavy atom. The molecule has 28 heavy (non-hydrogen) atoms. The molecule has 0 spiro atoms. The van der Waals surface area contributed by atoms with Gasteiger partial charge in [0.1, 0.15) is 0 Å². The first-order valence-corrected chi connectivity index (χ1v) is 9.64. The smallest absolute Gasteiger partial charge is 0.193 e. The molecule has 1 aliphatic rings. The van der Waals surface area contributed by atoms with Crippen molar-refractivity contribution >= 4 is 29.9 Å². The molecule has 1 aromatic heterocycles. The number of hydrogen-bond donors (Lipinski definition) is 1. The van der Waals surface area contributed by atoms with Crippen molar-refractivity contribution < 1.29 is 4.74 Å². The highest BCUT2D eigenvalue weighted by Gasteiger charge is 2.19. The third kappa shape index (κ3) is 5.70. The van der Waals surface area contributed by atoms with Gasteiger partial charge in [0, 0.05) is 51.0 Å². The minimum atomic E-state index is 0. The number of aryl methyl sites for hydroxylation is 1. The van der Waals surface area contributed by atoms with E-state index in [2.05, 4.69) is 65.1 Å². The van der Waals surface area contributed by atoms with Crippen molar-refractivity contribution in [2.24, 2.45) is 10.9 Å². The van der Waals surface area contributed by atoms with Crippen LogP contribution in [0.3, 0.4) is 0 Å². The minimum Gasteiger partial charge on any atom is -0.381 e. The number of nitrogens with one attached hydrogen (secondary N) is 1. The van der Waals surface area contributed by atoms with Crippen LogP contribution in [0.25, 0.3) is 0 Å². The third-order valence-electron chi connectivity index (χ3n) is 5.26. The molecule has 0 aliphatic carbocycles. The number of aromatic nitrogens is 2. The maximum Gasteiger partial charge on any atom is 0.193 e. The van der Waals surface area contributed by atoms with Gasteiger partial charge in [-0.3, -0.25) is 9.67 Å². The Morgan fingerprint density at radius 2 is 2.07 bits per heavy atom. The first kappa shape index (κ1) is 22.7. The third-order valence-corrected chi connectivity index (χ3v) is 5.26. The molecule has 2 aromatic rings. The van der Waals surface area contributed by atoms with E-state index in [9.17, 15) is 0 Å². The largest absolute Gasteiger partial charge is 0.381 e. The summed E-state index contributed by atoms with van der Waals surface area (Å²) in [5.41, 5.74) is 4.77. The summed E-state index contributed by atoms with van der Waals surface area (Å²) in [6.45, 7) is 8.44. The van der Waals surface area contributed by atoms with Crippen LogP contribution in [0.4, 0.5) is 0 Å². The fraction of sp³-hybridized carbons (Fsp3) is 0.524. The van der Waals surface area contributed by atoms with Gasteiger partial charge >= 0.3 is 0 Å². The van der Waals surface area contributed by atoms with E-state index in [0.717, 1.165) is 50.9 Å². The van der Waals surface area contributed by atoms with Gasteiger partial charge in [0.2, 0.25) is 0 Å². The Balaban J connectivity index is 0.00000280. The van der Waals surface area contributed by atoms with Crippen molar-refractivity contribution in [1.82, 2.24) is 20.0 Å². The lowest BCUT2D eigenvalue weighted by Crippen LogP contribution is -2.41. The molecular weight excluding hydrogens is 465 g/mol. The topological polar surface area (TPSA) is 54.7 Å². The molecule has 0 bridgehead atoms. The zero-order chi connectivity index (χ0) is 19.2. The molecule has 1 N–H and O–H groups in total. The number of aliphatic imine (C=N–C) groups is 1. The van der Waals surface area contributed by atoms with Crippen LogP contribution in [0.5, 0.6) is 0 Å². The van der Waals surface area contributed by atoms with Gasteiger partial charge in [-0.1, -0.05) is 30.3 Å². The molecule has 2 heterocycles. The van der Waals surface area contributed by atoms with Crippen LogP contribution in [-0.4, -0.2) is 54.5 Å². The molecule has 1 atom stereocenters. The fourth-order valence-corrected chi connectivity index (χ4v) is 3.65. The number of benzene rings is 1. The van der Waals surface area contributed by atoms with Gasteiger partial charge in [0.05, 0.1) is 18.8 Å². The van der Waals surface area contributed by atoms with Crippen molar-refractivity contribution in [3.05, 3.63) is 52.8 Å². The molecule has 7 heteroatoms. The molecular formula is C21H32IN5O. The summed E-state index contributed by atoms with van der Waals surface area (Å²) in [5.74, 6) is 1.50. The van der Waals surface area contributed by atoms with Crippen LogP contribution in [-0.2, 0) is 17.8 Å². The van der Waals surface area contributed by atoms with Gasteiger partial charge in [0.25, 0.3) is 0 Å². The molecule has 0 amide bonds. The average Bonchev–Trinajstić information content (AvgIpc) is 3.26. The second kappa shape index (κ2) is 10.8. The minimum absolute atomic E-state index is 0. The Hall–Kier alpha value is -1.61. The van der Waals surface area contributed by atoms with E-state index in [1.165, 1.54) is 16.8 Å². The lowest BCUT2D eigenvalue weighted by molar-refractivity contribution is 0.181. The first-order valence-electron chi connectivity index (χ1n) is 9.64. The molecule has 3 rings (SSSR count). The highest BCUT2D eigenvalue weighted by Crippen LogP contribution is 2.16. The van der Waals surface area contributed by atoms with E-state index in [4.69, 9.17) is 9.84 Å². The summed E-state index contributed by atoms with van der Waals surface area (Å²) in [6.07, 6.45) is 1.13. The number of guanidine groups is 1. The van der Waals surface area contributed by atoms with Crippen molar-refractivity contribution in [1.29, 1.82) is 0 Å². The standard InChI is InChI=1S/C21H31N5O.HI/c1-16-20(17(2)26(24-16)14-18-8-6-5-7-9-18)12-23-21(22-3)25(4)13-19-10-11-27-15-19;/h5-9,19H,10-15H2,1-4H3,(H,22,23);1H. The Labute approximate surface area is 185 Å². The van der Waals surface area contributed by atoms with Crippen LogP contribution >= 0.6 is 24.0 Å². The summed E-state index contributed by atoms with van der Waals surface area (Å²) < 4.78 is 7.57. The van der Waals surface area contributed by atoms with Gasteiger partial charge in [-0.15, -0.1) is 24.0 Å². The van der Waals surface area contributed by atoms with Crippen LogP contribution in [0.1, 0.15) is 28.9 Å². The fourth-order valence-electron chi connectivity index (χ4n) is 3.65. The molecule has 6 nitrogen and oxygen atoms in total. The Kier molecular flexibility index (Phi) is 8.75. The lowest BCUT2D eigenvalue weighted by atomic mass is 10.1. The van der Waals surface area contributed by atoms with Crippen molar-refractivity contribution in [3.8, 4) is 0 Å². The van der Waals surface area contributed by atoms with Crippen LogP contribution < -0.4 is 5.32 Å². The average molecular weight is 497 g/mol. The van der Waals surface area contributed by atoms with E-state index < -0.39 is 0 Å². The predicted molar refractivity (Wildman–Crippen MR) is 124 cm³/mol. The van der Waals surface area contributed by atoms with Crippen molar-refractivity contribution in [2.75, 3.05) is 33.9 Å². The second-order valence-electron chi connectivity index (χ2n) is 7.30. The molecule has 1 saturated heterocycles. The van der Waals surface area contributed by atoms with Crippen molar-refractivity contribution in [2.45, 2.75) is 33.4 Å². The summed E-state index contributed by atoms with van der Waals surface area (Å²) in [7, 11) is 3.93. The van der Waals surface area contributed by atoms with Crippen LogP contribution in [0.2, 0.25) is 0 Å². The van der Waals surface area contributed by atoms with Gasteiger partial charge < -0.3 is 15.0 Å². The van der Waals surface area contributed by atoms with E-state index in [1.54, 1.807) is 0 Å². The van der Waals surface area contributed by atoms with Gasteiger partial charge in [-0.25, -0.2) is 0 Å². The van der Waals surface area contributed by atoms with Gasteiger partial charge in [-0.2, -0.15) is 5.10 Å². The van der Waals surface area contributed by atoms with Gasteiger partial charge in [-0.05, 0) is 25.8 Å². The SMILES string of the molecule is CN=C(NCc1c(C)nn(Cc2ccccc2)c1C)N(C)CC1CCOC1.I. The highest BCUT2D eigenvalue weighted by atomic mass is 127. The zero-order valence-corrected chi connectivity index (χ0v) is 19.6. The van der Waals surface area contributed by atoms with E-state index in [-0.39, 0.29) is 24.0 Å². The molecule has 0 radical (unpaired) electrons. The summed E-state index contributed by atoms with van der Waals surface area (Å²) >= 11 is 0. The predicted octanol–water partition coefficient (Wildman–Crippen LogP) is 3.21. The molecule has 0 saturated carbocycles. The van der Waals surface area contributed by atoms with E-state index in [1.807, 2.05) is 13.1 Å². The van der Waals surface area contributed by atoms with Crippen LogP contribution in [0.15, 0.2) is 35.3 Å². The quantitative estimate of drug-likeness (QED) is 0.379. The number of rotatable bonds is 6. The maximum atomic E-state index is 5.49. The normalized spacial score (nSPS) is 16.7. The molecule has 1 aliphatic heterocycles. The summed E-state index contributed by atoms with van der Waals surface area (Å²) in [5, 5.41) is 8.24. The number of nitrogens with zero attached hydrogens (tertiary/aromatic N) is 4. The Morgan fingerprint density at radius 1 is 1.32 bits per heavy atom. The monoisotopic (exact) mass is 497 g/mol. The zero-order valence-electron chi connectivity index (χ0n) is 17.3. The summed E-state index contributed by atoms with van der Waals surface area (Å²) in [4.78, 5) is 6.64. The number of hydrogen-bond acceptors (Lipinski definition) is 3. The van der Waals surface area contributed by atoms with Gasteiger partial charge in [0.15, 0.2) is 5.96 Å². The maximum absolute atomic E-state index is 5.49. The number of ether oxygens (including phenoxy) is 1.